The van der Waals surface area contributed by atoms with Gasteiger partial charge in [0.05, 0.1) is 12.6 Å². The lowest BCUT2D eigenvalue weighted by atomic mass is 10.1. The van der Waals surface area contributed by atoms with Crippen molar-refractivity contribution >= 4 is 22.8 Å². The zero-order valence-electron chi connectivity index (χ0n) is 19.0. The van der Waals surface area contributed by atoms with E-state index in [-0.39, 0.29) is 18.6 Å². The average Bonchev–Trinajstić information content (AvgIpc) is 3.33. The minimum Gasteiger partial charge on any atom is -0.450 e. The Hall–Kier alpha value is -3.75. The molecule has 1 amide bonds. The first-order chi connectivity index (χ1) is 16.6. The van der Waals surface area contributed by atoms with Gasteiger partial charge in [-0.2, -0.15) is 0 Å². The number of aliphatic hydroxyl groups is 1. The van der Waals surface area contributed by atoms with E-state index in [0.717, 1.165) is 37.3 Å². The summed E-state index contributed by atoms with van der Waals surface area (Å²) in [7, 11) is 2.07. The summed E-state index contributed by atoms with van der Waals surface area (Å²) in [6, 6.07) is 18.7. The molecule has 8 nitrogen and oxygen atoms in total. The maximum Gasteiger partial charge on any atom is 0.253 e. The lowest BCUT2D eigenvalue weighted by Gasteiger charge is -2.32. The Bertz CT molecular complexity index is 1260. The van der Waals surface area contributed by atoms with Crippen LogP contribution in [0.5, 0.6) is 0 Å². The fourth-order valence-corrected chi connectivity index (χ4v) is 4.15. The zero-order valence-corrected chi connectivity index (χ0v) is 19.0. The van der Waals surface area contributed by atoms with E-state index in [4.69, 9.17) is 4.42 Å². The van der Waals surface area contributed by atoms with Crippen LogP contribution < -0.4 is 5.32 Å². The Morgan fingerprint density at radius 3 is 2.50 bits per heavy atom. The highest BCUT2D eigenvalue weighted by atomic mass is 16.3. The molecule has 1 unspecified atom stereocenters. The number of carbonyl (C=O) groups is 1. The number of hydrogen-bond donors (Lipinski definition) is 2. The van der Waals surface area contributed by atoms with E-state index < -0.39 is 0 Å². The molecule has 0 saturated carbocycles. The highest BCUT2D eigenvalue weighted by Crippen LogP contribution is 2.31. The van der Waals surface area contributed by atoms with Crippen LogP contribution in [-0.2, 0) is 0 Å². The van der Waals surface area contributed by atoms with Gasteiger partial charge in [0.2, 0.25) is 0 Å². The van der Waals surface area contributed by atoms with Crippen LogP contribution in [0.4, 0.5) is 5.82 Å². The molecule has 2 aromatic heterocycles. The van der Waals surface area contributed by atoms with Crippen LogP contribution in [0.2, 0.25) is 0 Å². The molecule has 2 aromatic carbocycles. The summed E-state index contributed by atoms with van der Waals surface area (Å²) in [5, 5.41) is 13.2. The third kappa shape index (κ3) is 4.50. The molecule has 0 aliphatic carbocycles. The van der Waals surface area contributed by atoms with Crippen molar-refractivity contribution in [2.24, 2.45) is 0 Å². The third-order valence-electron chi connectivity index (χ3n) is 6.21. The van der Waals surface area contributed by atoms with Crippen molar-refractivity contribution in [3.8, 4) is 11.3 Å². The smallest absolute Gasteiger partial charge is 0.253 e. The Morgan fingerprint density at radius 1 is 1.06 bits per heavy atom. The minimum absolute atomic E-state index is 0.0533. The molecule has 3 heterocycles. The minimum atomic E-state index is -0.326. The van der Waals surface area contributed by atoms with Crippen molar-refractivity contribution in [3.05, 3.63) is 78.1 Å². The molecule has 34 heavy (non-hydrogen) atoms. The predicted molar refractivity (Wildman–Crippen MR) is 131 cm³/mol. The summed E-state index contributed by atoms with van der Waals surface area (Å²) in [5.74, 6) is 1.20. The second-order valence-electron chi connectivity index (χ2n) is 8.51. The molecular formula is C26H27N5O3. The molecule has 0 radical (unpaired) electrons. The Balaban J connectivity index is 1.37. The molecule has 2 N–H and O–H groups in total. The number of likely N-dealkylation sites (N-methyl/N-ethyl adjacent to an activating group) is 1. The first kappa shape index (κ1) is 22.1. The summed E-state index contributed by atoms with van der Waals surface area (Å²) < 4.78 is 6.12. The Labute approximate surface area is 197 Å². The van der Waals surface area contributed by atoms with E-state index in [2.05, 4.69) is 27.2 Å². The topological polar surface area (TPSA) is 94.7 Å². The largest absolute Gasteiger partial charge is 0.450 e. The first-order valence-corrected chi connectivity index (χ1v) is 11.4. The number of furan rings is 1. The van der Waals surface area contributed by atoms with Crippen LogP contribution in [0.25, 0.3) is 22.4 Å². The fourth-order valence-electron chi connectivity index (χ4n) is 4.15. The summed E-state index contributed by atoms with van der Waals surface area (Å²) in [4.78, 5) is 25.6. The molecule has 1 fully saturated rings. The number of nitrogens with zero attached hydrogens (tertiary/aromatic N) is 4. The molecule has 8 heteroatoms. The van der Waals surface area contributed by atoms with E-state index in [1.807, 2.05) is 65.6 Å². The van der Waals surface area contributed by atoms with Crippen molar-refractivity contribution in [2.45, 2.75) is 6.04 Å². The Morgan fingerprint density at radius 2 is 1.79 bits per heavy atom. The van der Waals surface area contributed by atoms with Gasteiger partial charge in [-0.15, -0.1) is 0 Å². The number of rotatable bonds is 6. The molecule has 1 aliphatic heterocycles. The number of fused-ring (bicyclic) bond motifs is 1. The molecule has 174 valence electrons. The molecule has 1 atom stereocenters. The molecule has 1 saturated heterocycles. The molecule has 5 rings (SSSR count). The van der Waals surface area contributed by atoms with Crippen LogP contribution in [0.3, 0.4) is 0 Å². The van der Waals surface area contributed by atoms with Gasteiger partial charge in [-0.3, -0.25) is 4.79 Å². The fraction of sp³-hybridized carbons (Fsp3) is 0.269. The van der Waals surface area contributed by atoms with Gasteiger partial charge >= 0.3 is 0 Å². The molecule has 4 aromatic rings. The van der Waals surface area contributed by atoms with Crippen molar-refractivity contribution in [3.63, 3.8) is 0 Å². The maximum absolute atomic E-state index is 12.8. The third-order valence-corrected chi connectivity index (χ3v) is 6.21. The SMILES string of the molecule is CN1CCN(C(=O)c2ccc(-c3cc4ncnc(NC(CO)c5ccccc5)c4o3)cc2)CC1. The van der Waals surface area contributed by atoms with Crippen molar-refractivity contribution in [1.82, 2.24) is 19.8 Å². The number of carbonyl (C=O) groups excluding carboxylic acids is 1. The van der Waals surface area contributed by atoms with Crippen LogP contribution in [0.1, 0.15) is 22.0 Å². The van der Waals surface area contributed by atoms with E-state index in [1.165, 1.54) is 6.33 Å². The Kier molecular flexibility index (Phi) is 6.24. The standard InChI is InChI=1S/C26H27N5O3/c1-30-11-13-31(14-12-30)26(33)20-9-7-19(8-10-20)23-15-21-24(34-23)25(28-17-27-21)29-22(16-32)18-5-3-2-4-6-18/h2-10,15,17,22,32H,11-14,16H2,1H3,(H,27,28,29). The van der Waals surface area contributed by atoms with Gasteiger partial charge in [-0.25, -0.2) is 9.97 Å². The number of benzene rings is 2. The van der Waals surface area contributed by atoms with Crippen molar-refractivity contribution in [2.75, 3.05) is 45.2 Å². The van der Waals surface area contributed by atoms with Crippen LogP contribution in [0, 0.1) is 0 Å². The van der Waals surface area contributed by atoms with Crippen molar-refractivity contribution < 1.29 is 14.3 Å². The summed E-state index contributed by atoms with van der Waals surface area (Å²) >= 11 is 0. The summed E-state index contributed by atoms with van der Waals surface area (Å²) in [6.07, 6.45) is 1.47. The van der Waals surface area contributed by atoms with Gasteiger partial charge < -0.3 is 24.6 Å². The second kappa shape index (κ2) is 9.62. The number of aromatic nitrogens is 2. The summed E-state index contributed by atoms with van der Waals surface area (Å²) in [5.41, 5.74) is 3.64. The normalized spacial score (nSPS) is 15.4. The number of anilines is 1. The van der Waals surface area contributed by atoms with Gasteiger partial charge in [0.1, 0.15) is 17.6 Å². The quantitative estimate of drug-likeness (QED) is 0.458. The number of aliphatic hydroxyl groups excluding tert-OH is 1. The van der Waals surface area contributed by atoms with Gasteiger partial charge in [-0.1, -0.05) is 42.5 Å². The second-order valence-corrected chi connectivity index (χ2v) is 8.51. The number of amides is 1. The zero-order chi connectivity index (χ0) is 23.5. The van der Waals surface area contributed by atoms with Crippen molar-refractivity contribution in [1.29, 1.82) is 0 Å². The van der Waals surface area contributed by atoms with E-state index in [9.17, 15) is 9.90 Å². The maximum atomic E-state index is 12.8. The van der Waals surface area contributed by atoms with Gasteiger partial charge in [0, 0.05) is 43.4 Å². The molecule has 0 bridgehead atoms. The van der Waals surface area contributed by atoms with E-state index in [1.54, 1.807) is 0 Å². The van der Waals surface area contributed by atoms with Crippen LogP contribution >= 0.6 is 0 Å². The number of piperazine rings is 1. The van der Waals surface area contributed by atoms with Gasteiger partial charge in [0.25, 0.3) is 5.91 Å². The van der Waals surface area contributed by atoms with Crippen LogP contribution in [-0.4, -0.2) is 70.6 Å². The highest BCUT2D eigenvalue weighted by molar-refractivity contribution is 5.95. The highest BCUT2D eigenvalue weighted by Gasteiger charge is 2.21. The molecular weight excluding hydrogens is 430 g/mol. The van der Waals surface area contributed by atoms with Crippen LogP contribution in [0.15, 0.2) is 71.4 Å². The number of hydrogen-bond acceptors (Lipinski definition) is 7. The molecule has 0 spiro atoms. The average molecular weight is 458 g/mol. The van der Waals surface area contributed by atoms with E-state index >= 15 is 0 Å². The lowest BCUT2D eigenvalue weighted by Crippen LogP contribution is -2.47. The monoisotopic (exact) mass is 457 g/mol. The first-order valence-electron chi connectivity index (χ1n) is 11.4. The van der Waals surface area contributed by atoms with Gasteiger partial charge in [0.15, 0.2) is 11.4 Å². The summed E-state index contributed by atoms with van der Waals surface area (Å²) in [6.45, 7) is 3.18. The van der Waals surface area contributed by atoms with E-state index in [0.29, 0.717) is 28.2 Å². The molecule has 1 aliphatic rings. The predicted octanol–water partition coefficient (Wildman–Crippen LogP) is 3.42. The van der Waals surface area contributed by atoms with Gasteiger partial charge in [-0.05, 0) is 24.7 Å². The number of nitrogens with one attached hydrogen (secondary N) is 1. The lowest BCUT2D eigenvalue weighted by molar-refractivity contribution is 0.0664.